The summed E-state index contributed by atoms with van der Waals surface area (Å²) in [4.78, 5) is 11.0. The third kappa shape index (κ3) is 19.1. The van der Waals surface area contributed by atoms with Gasteiger partial charge in [-0.05, 0) is 105 Å². The van der Waals surface area contributed by atoms with Gasteiger partial charge in [0.2, 0.25) is 0 Å². The quantitative estimate of drug-likeness (QED) is 0.0294. The molecule has 3 aromatic heterocycles. The van der Waals surface area contributed by atoms with E-state index < -0.39 is 11.9 Å². The smallest absolute Gasteiger partial charge is 0.417 e. The fourth-order valence-corrected chi connectivity index (χ4v) is 11.0. The number of ether oxygens (including phenoxy) is 3. The second-order valence-electron chi connectivity index (χ2n) is 18.4. The van der Waals surface area contributed by atoms with Gasteiger partial charge in [-0.25, -0.2) is 0 Å². The summed E-state index contributed by atoms with van der Waals surface area (Å²) in [6, 6.07) is 23.9. The third-order valence-corrected chi connectivity index (χ3v) is 15.5. The summed E-state index contributed by atoms with van der Waals surface area (Å²) >= 11 is 4.96. The van der Waals surface area contributed by atoms with Crippen LogP contribution in [0, 0.1) is 0 Å². The van der Waals surface area contributed by atoms with Gasteiger partial charge in [-0.3, -0.25) is 4.79 Å². The van der Waals surface area contributed by atoms with Gasteiger partial charge in [0.1, 0.15) is 47.3 Å². The van der Waals surface area contributed by atoms with Crippen molar-refractivity contribution in [3.8, 4) is 49.0 Å². The molecule has 3 aromatic carbocycles. The van der Waals surface area contributed by atoms with Crippen molar-refractivity contribution in [3.63, 3.8) is 0 Å². The number of hydrogen-bond donors (Lipinski definition) is 1. The van der Waals surface area contributed by atoms with E-state index in [9.17, 15) is 4.79 Å². The van der Waals surface area contributed by atoms with Crippen molar-refractivity contribution < 1.29 is 24.1 Å². The Kier molecular flexibility index (Phi) is 24.0. The van der Waals surface area contributed by atoms with Gasteiger partial charge in [-0.15, -0.1) is 30.6 Å². The molecule has 0 bridgehead atoms. The van der Waals surface area contributed by atoms with Crippen molar-refractivity contribution in [2.75, 3.05) is 0 Å². The molecule has 6 aromatic rings. The molecule has 0 aliphatic rings. The Morgan fingerprint density at radius 3 is 1.04 bits per heavy atom. The molecule has 1 N–H and O–H groups in total. The van der Waals surface area contributed by atoms with Crippen molar-refractivity contribution in [1.82, 2.24) is 30.6 Å². The number of unbranched alkanes of at least 4 members (excludes halogenated alkanes) is 18. The highest BCUT2D eigenvalue weighted by Crippen LogP contribution is 2.36. The predicted octanol–water partition coefficient (Wildman–Crippen LogP) is 16.6. The molecule has 0 aliphatic heterocycles. The van der Waals surface area contributed by atoms with Crippen LogP contribution in [0.2, 0.25) is 0 Å². The number of hydrogen-bond acceptors (Lipinski definition) is 13. The van der Waals surface area contributed by atoms with Gasteiger partial charge in [0.05, 0.1) is 6.42 Å². The fraction of sp³-hybridized carbons (Fsp3) is 0.554. The first-order valence-corrected chi connectivity index (χ1v) is 28.9. The first kappa shape index (κ1) is 54.5. The Morgan fingerprint density at radius 1 is 0.414 bits per heavy atom. The Hall–Kier alpha value is -4.79. The minimum Gasteiger partial charge on any atom is -0.481 e. The molecule has 0 saturated carbocycles. The number of benzene rings is 3. The molecule has 378 valence electrons. The second-order valence-corrected chi connectivity index (χ2v) is 21.6. The summed E-state index contributed by atoms with van der Waals surface area (Å²) in [5.41, 5.74) is 2.95. The van der Waals surface area contributed by atoms with Gasteiger partial charge in [-0.2, -0.15) is 0 Å². The maximum atomic E-state index is 11.0. The number of aromatic nitrogens is 6. The van der Waals surface area contributed by atoms with Crippen LogP contribution in [-0.2, 0) is 24.1 Å². The molecular weight excluding hydrogens is 933 g/mol. The van der Waals surface area contributed by atoms with Crippen LogP contribution in [0.25, 0.3) is 31.7 Å². The van der Waals surface area contributed by atoms with E-state index in [0.717, 1.165) is 124 Å². The van der Waals surface area contributed by atoms with Crippen molar-refractivity contribution in [2.24, 2.45) is 0 Å². The first-order valence-electron chi connectivity index (χ1n) is 26.4. The Morgan fingerprint density at radius 2 is 0.714 bits per heavy atom. The summed E-state index contributed by atoms with van der Waals surface area (Å²) in [6.45, 7) is 6.72. The lowest BCUT2D eigenvalue weighted by molar-refractivity contribution is -0.257. The fourth-order valence-electron chi connectivity index (χ4n) is 8.31. The average molecular weight is 1010 g/mol. The zero-order valence-corrected chi connectivity index (χ0v) is 44.5. The number of nitrogens with zero attached hydrogens (tertiary/aromatic N) is 6. The average Bonchev–Trinajstić information content (AvgIpc) is 4.17. The molecule has 6 rings (SSSR count). The van der Waals surface area contributed by atoms with E-state index in [-0.39, 0.29) is 6.42 Å². The van der Waals surface area contributed by atoms with Gasteiger partial charge < -0.3 is 19.3 Å². The highest BCUT2D eigenvalue weighted by Gasteiger charge is 2.39. The monoisotopic (exact) mass is 1010 g/mol. The molecule has 0 unspecified atom stereocenters. The van der Waals surface area contributed by atoms with Crippen molar-refractivity contribution in [3.05, 3.63) is 87.8 Å². The van der Waals surface area contributed by atoms with Crippen LogP contribution in [0.4, 0.5) is 0 Å². The lowest BCUT2D eigenvalue weighted by atomic mass is 10.1. The van der Waals surface area contributed by atoms with Gasteiger partial charge in [0, 0.05) is 42.4 Å². The molecule has 11 nitrogen and oxygen atoms in total. The lowest BCUT2D eigenvalue weighted by Crippen LogP contribution is -2.48. The van der Waals surface area contributed by atoms with Crippen LogP contribution in [0.5, 0.6) is 17.2 Å². The number of aliphatic carboxylic acids is 1. The lowest BCUT2D eigenvalue weighted by Gasteiger charge is -2.34. The molecule has 70 heavy (non-hydrogen) atoms. The van der Waals surface area contributed by atoms with Crippen molar-refractivity contribution in [2.45, 2.75) is 200 Å². The molecule has 3 heterocycles. The molecule has 0 fully saturated rings. The van der Waals surface area contributed by atoms with Gasteiger partial charge >= 0.3 is 11.9 Å². The Bertz CT molecular complexity index is 2110. The summed E-state index contributed by atoms with van der Waals surface area (Å²) in [5.74, 6) is -0.473. The Balaban J connectivity index is 1.22. The summed E-state index contributed by atoms with van der Waals surface area (Å²) in [5, 5.41) is 42.1. The summed E-state index contributed by atoms with van der Waals surface area (Å²) in [7, 11) is 0. The number of carboxylic acids is 1. The van der Waals surface area contributed by atoms with Crippen LogP contribution in [0.3, 0.4) is 0 Å². The number of aryl methyl sites for hydroxylation is 3. The minimum absolute atomic E-state index is 0.223. The highest BCUT2D eigenvalue weighted by molar-refractivity contribution is 7.15. The molecule has 0 spiro atoms. The van der Waals surface area contributed by atoms with Crippen molar-refractivity contribution in [1.29, 1.82) is 0 Å². The number of carbonyl (C=O) groups is 1. The first-order chi connectivity index (χ1) is 34.3. The van der Waals surface area contributed by atoms with E-state index >= 15 is 0 Å². The third-order valence-electron chi connectivity index (χ3n) is 12.4. The van der Waals surface area contributed by atoms with Crippen LogP contribution < -0.4 is 14.2 Å². The predicted molar refractivity (Wildman–Crippen MR) is 287 cm³/mol. The summed E-state index contributed by atoms with van der Waals surface area (Å²) < 4.78 is 20.9. The zero-order chi connectivity index (χ0) is 49.1. The number of carboxylic acid groups (broad SMARTS) is 1. The SMILES string of the molecule is CCCCCCCc1nnc(-c2ccc(OC(CCCCCCCCCC(=O)O)(Oc3ccc(-c4nnc(CCCCCCC)s4)cc3)Oc3ccc(-c4nnc(CCCCCCC)s4)cc3)cc2)s1. The Labute approximate surface area is 429 Å². The van der Waals surface area contributed by atoms with Gasteiger partial charge in [0.25, 0.3) is 0 Å². The van der Waals surface area contributed by atoms with Gasteiger partial charge in [0.15, 0.2) is 0 Å². The minimum atomic E-state index is -1.54. The largest absolute Gasteiger partial charge is 0.481 e. The standard InChI is InChI=1S/C56H76N6O5S3/c1-4-7-10-16-21-26-49-57-60-53(68-49)43-30-36-46(37-31-43)65-56(42-25-20-15-13-14-19-24-29-52(63)64,66-47-38-32-44(33-39-47)54-61-58-50(69-54)27-22-17-11-8-5-2)67-48-40-34-45(35-41-48)55-62-59-51(70-55)28-23-18-12-9-6-3/h30-41H,4-29,42H2,1-3H3,(H,63,64). The number of rotatable bonds is 37. The molecule has 0 aliphatic carbocycles. The normalized spacial score (nSPS) is 11.6. The second kappa shape index (κ2) is 30.8. The molecule has 14 heteroatoms. The summed E-state index contributed by atoms with van der Waals surface area (Å²) in [6.07, 6.45) is 28.3. The van der Waals surface area contributed by atoms with Crippen LogP contribution in [0.1, 0.15) is 190 Å². The van der Waals surface area contributed by atoms with Crippen molar-refractivity contribution >= 4 is 40.0 Å². The van der Waals surface area contributed by atoms with Crippen LogP contribution in [-0.4, -0.2) is 47.6 Å². The molecule has 0 atom stereocenters. The molecule has 0 radical (unpaired) electrons. The van der Waals surface area contributed by atoms with E-state index in [0.29, 0.717) is 30.1 Å². The van der Waals surface area contributed by atoms with Crippen LogP contribution in [0.15, 0.2) is 72.8 Å². The van der Waals surface area contributed by atoms with E-state index in [4.69, 9.17) is 19.3 Å². The topological polar surface area (TPSA) is 142 Å². The van der Waals surface area contributed by atoms with Crippen LogP contribution >= 0.6 is 34.0 Å². The molecule has 0 saturated heterocycles. The molecular formula is C56H76N6O5S3. The molecule has 0 amide bonds. The van der Waals surface area contributed by atoms with E-state index in [1.54, 1.807) is 34.0 Å². The highest BCUT2D eigenvalue weighted by atomic mass is 32.1. The maximum absolute atomic E-state index is 11.0. The van der Waals surface area contributed by atoms with E-state index in [1.165, 1.54) is 77.0 Å². The zero-order valence-electron chi connectivity index (χ0n) is 42.0. The maximum Gasteiger partial charge on any atom is 0.417 e. The van der Waals surface area contributed by atoms with Gasteiger partial charge in [-0.1, -0.05) is 164 Å². The van der Waals surface area contributed by atoms with E-state index in [2.05, 4.69) is 51.4 Å². The van der Waals surface area contributed by atoms with E-state index in [1.807, 2.05) is 72.8 Å².